The van der Waals surface area contributed by atoms with Crippen molar-refractivity contribution < 1.29 is 5.11 Å². The molecule has 7 heavy (non-hydrogen) atoms. The van der Waals surface area contributed by atoms with Gasteiger partial charge in [-0.2, -0.15) is 0 Å². The summed E-state index contributed by atoms with van der Waals surface area (Å²) in [6.07, 6.45) is 4.05. The molecule has 1 heteroatoms. The zero-order valence-corrected chi connectivity index (χ0v) is 4.31. The lowest BCUT2D eigenvalue weighted by molar-refractivity contribution is 0.269. The van der Waals surface area contributed by atoms with Crippen LogP contribution in [0, 0.1) is 12.3 Å². The van der Waals surface area contributed by atoms with E-state index in [0.29, 0.717) is 5.57 Å². The quantitative estimate of drug-likeness (QED) is 0.373. The number of rotatable bonds is 1. The molecule has 0 aliphatic carbocycles. The molecule has 0 amide bonds. The number of aliphatic hydroxyl groups is 1. The molecule has 0 aliphatic rings. The maximum Gasteiger partial charge on any atom is 0.135 e. The van der Waals surface area contributed by atoms with Crippen LogP contribution in [0.1, 0.15) is 6.92 Å². The molecule has 1 N–H and O–H groups in total. The summed E-state index contributed by atoms with van der Waals surface area (Å²) in [4.78, 5) is 0. The second-order valence-electron chi connectivity index (χ2n) is 1.42. The highest BCUT2D eigenvalue weighted by Crippen LogP contribution is 1.92. The van der Waals surface area contributed by atoms with Crippen molar-refractivity contribution in [3.05, 3.63) is 12.2 Å². The van der Waals surface area contributed by atoms with Gasteiger partial charge in [-0.05, 0) is 12.5 Å². The summed E-state index contributed by atoms with van der Waals surface area (Å²) in [6, 6.07) is 0. The van der Waals surface area contributed by atoms with Crippen molar-refractivity contribution in [1.82, 2.24) is 0 Å². The normalized spacial score (nSPS) is 12.1. The Bertz CT molecular complexity index is 108. The minimum atomic E-state index is -0.764. The average Bonchev–Trinajstić information content (AvgIpc) is 1.65. The Labute approximate surface area is 43.7 Å². The van der Waals surface area contributed by atoms with E-state index in [0.717, 1.165) is 0 Å². The minimum Gasteiger partial charge on any atom is -0.376 e. The molecule has 0 fully saturated rings. The van der Waals surface area contributed by atoms with E-state index in [1.807, 2.05) is 0 Å². The lowest BCUT2D eigenvalue weighted by atomic mass is 10.2. The number of hydrogen-bond donors (Lipinski definition) is 1. The van der Waals surface area contributed by atoms with Gasteiger partial charge in [0.05, 0.1) is 0 Å². The number of terminal acetylenes is 1. The molecule has 0 saturated heterocycles. The van der Waals surface area contributed by atoms with Crippen LogP contribution < -0.4 is 0 Å². The lowest BCUT2D eigenvalue weighted by Gasteiger charge is -1.96. The highest BCUT2D eigenvalue weighted by atomic mass is 16.3. The van der Waals surface area contributed by atoms with Crippen LogP contribution in [0.5, 0.6) is 0 Å². The third-order valence-corrected chi connectivity index (χ3v) is 0.625. The second-order valence-corrected chi connectivity index (χ2v) is 1.42. The summed E-state index contributed by atoms with van der Waals surface area (Å²) in [5, 5.41) is 8.60. The molecular weight excluding hydrogens is 88.1 g/mol. The minimum absolute atomic E-state index is 0.613. The molecule has 38 valence electrons. The van der Waals surface area contributed by atoms with Crippen molar-refractivity contribution in [3.8, 4) is 12.3 Å². The first-order valence-corrected chi connectivity index (χ1v) is 1.98. The molecule has 1 nitrogen and oxygen atoms in total. The first-order valence-electron chi connectivity index (χ1n) is 1.98. The van der Waals surface area contributed by atoms with Crippen LogP contribution >= 0.6 is 0 Å². The number of hydrogen-bond acceptors (Lipinski definition) is 1. The molecule has 0 bridgehead atoms. The monoisotopic (exact) mass is 96.1 g/mol. The molecular formula is C6H8O. The van der Waals surface area contributed by atoms with Gasteiger partial charge in [-0.25, -0.2) is 0 Å². The predicted octanol–water partition coefficient (Wildman–Crippen LogP) is 0.557. The molecule has 1 atom stereocenters. The lowest BCUT2D eigenvalue weighted by Crippen LogP contribution is -2.01. The van der Waals surface area contributed by atoms with Gasteiger partial charge in [0, 0.05) is 0 Å². The summed E-state index contributed by atoms with van der Waals surface area (Å²) in [5.41, 5.74) is 0.613. The SMILES string of the molecule is C#CC(O)C(=C)C. The highest BCUT2D eigenvalue weighted by molar-refractivity contribution is 5.12. The van der Waals surface area contributed by atoms with Gasteiger partial charge in [-0.1, -0.05) is 12.5 Å². The fraction of sp³-hybridized carbons (Fsp3) is 0.333. The van der Waals surface area contributed by atoms with Gasteiger partial charge in [-0.15, -0.1) is 6.42 Å². The van der Waals surface area contributed by atoms with Crippen molar-refractivity contribution in [2.24, 2.45) is 0 Å². The van der Waals surface area contributed by atoms with Gasteiger partial charge in [0.1, 0.15) is 6.10 Å². The van der Waals surface area contributed by atoms with Crippen LogP contribution in [0.3, 0.4) is 0 Å². The first kappa shape index (κ1) is 6.26. The second kappa shape index (κ2) is 2.44. The Kier molecular flexibility index (Phi) is 2.18. The molecule has 0 aromatic rings. The summed E-state index contributed by atoms with van der Waals surface area (Å²) < 4.78 is 0. The van der Waals surface area contributed by atoms with E-state index in [9.17, 15) is 0 Å². The Hall–Kier alpha value is -0.740. The van der Waals surface area contributed by atoms with Gasteiger partial charge in [-0.3, -0.25) is 0 Å². The van der Waals surface area contributed by atoms with Crippen LogP contribution in [0.15, 0.2) is 12.2 Å². The zero-order valence-electron chi connectivity index (χ0n) is 4.31. The molecule has 0 aliphatic heterocycles. The van der Waals surface area contributed by atoms with Crippen molar-refractivity contribution in [3.63, 3.8) is 0 Å². The van der Waals surface area contributed by atoms with E-state index in [-0.39, 0.29) is 0 Å². The Morgan fingerprint density at radius 1 is 2.00 bits per heavy atom. The maximum atomic E-state index is 8.60. The Balaban J connectivity index is 3.63. The van der Waals surface area contributed by atoms with Gasteiger partial charge in [0.25, 0.3) is 0 Å². The largest absolute Gasteiger partial charge is 0.376 e. The summed E-state index contributed by atoms with van der Waals surface area (Å²) in [5.74, 6) is 2.12. The first-order chi connectivity index (χ1) is 3.18. The molecule has 1 unspecified atom stereocenters. The standard InChI is InChI=1S/C6H8O/c1-4-6(7)5(2)3/h1,6-7H,2H2,3H3. The molecule has 0 saturated carbocycles. The molecule has 0 aromatic heterocycles. The van der Waals surface area contributed by atoms with E-state index in [4.69, 9.17) is 11.5 Å². The summed E-state index contributed by atoms with van der Waals surface area (Å²) in [6.45, 7) is 5.12. The molecule has 0 spiro atoms. The molecule has 0 aromatic carbocycles. The van der Waals surface area contributed by atoms with Gasteiger partial charge >= 0.3 is 0 Å². The van der Waals surface area contributed by atoms with E-state index in [1.165, 1.54) is 0 Å². The van der Waals surface area contributed by atoms with Crippen LogP contribution in [-0.2, 0) is 0 Å². The summed E-state index contributed by atoms with van der Waals surface area (Å²) >= 11 is 0. The van der Waals surface area contributed by atoms with Gasteiger partial charge in [0.15, 0.2) is 0 Å². The Morgan fingerprint density at radius 3 is 2.43 bits per heavy atom. The molecule has 0 heterocycles. The predicted molar refractivity (Wildman–Crippen MR) is 29.7 cm³/mol. The van der Waals surface area contributed by atoms with E-state index >= 15 is 0 Å². The van der Waals surface area contributed by atoms with E-state index in [2.05, 4.69) is 12.5 Å². The Morgan fingerprint density at radius 2 is 2.43 bits per heavy atom. The van der Waals surface area contributed by atoms with Gasteiger partial charge < -0.3 is 5.11 Å². The van der Waals surface area contributed by atoms with Crippen LogP contribution in [0.4, 0.5) is 0 Å². The highest BCUT2D eigenvalue weighted by Gasteiger charge is 1.93. The third kappa shape index (κ3) is 2.02. The van der Waals surface area contributed by atoms with Crippen molar-refractivity contribution in [1.29, 1.82) is 0 Å². The topological polar surface area (TPSA) is 20.2 Å². The third-order valence-electron chi connectivity index (χ3n) is 0.625. The number of aliphatic hydroxyl groups excluding tert-OH is 1. The van der Waals surface area contributed by atoms with Crippen LogP contribution in [0.2, 0.25) is 0 Å². The fourth-order valence-corrected chi connectivity index (χ4v) is 0.142. The maximum absolute atomic E-state index is 8.60. The average molecular weight is 96.1 g/mol. The van der Waals surface area contributed by atoms with Crippen LogP contribution in [-0.4, -0.2) is 11.2 Å². The summed E-state index contributed by atoms with van der Waals surface area (Å²) in [7, 11) is 0. The van der Waals surface area contributed by atoms with Gasteiger partial charge in [0.2, 0.25) is 0 Å². The zero-order chi connectivity index (χ0) is 5.86. The van der Waals surface area contributed by atoms with Crippen molar-refractivity contribution >= 4 is 0 Å². The molecule has 0 radical (unpaired) electrons. The fourth-order valence-electron chi connectivity index (χ4n) is 0.142. The van der Waals surface area contributed by atoms with Crippen molar-refractivity contribution in [2.75, 3.05) is 0 Å². The smallest absolute Gasteiger partial charge is 0.135 e. The van der Waals surface area contributed by atoms with E-state index < -0.39 is 6.10 Å². The van der Waals surface area contributed by atoms with Crippen LogP contribution in [0.25, 0.3) is 0 Å². The molecule has 0 rings (SSSR count). The van der Waals surface area contributed by atoms with Crippen molar-refractivity contribution in [2.45, 2.75) is 13.0 Å². The van der Waals surface area contributed by atoms with E-state index in [1.54, 1.807) is 6.92 Å².